The normalized spacial score (nSPS) is 21.2. The molecule has 7 aromatic rings. The molecule has 778 valence electrons. The number of aliphatic hydroxyl groups excluding tert-OH is 2. The van der Waals surface area contributed by atoms with E-state index in [2.05, 4.69) is 9.44 Å². The summed E-state index contributed by atoms with van der Waals surface area (Å²) >= 11 is 3.90. The zero-order chi connectivity index (χ0) is 101. The second-order valence-electron chi connectivity index (χ2n) is 37.2. The van der Waals surface area contributed by atoms with Crippen molar-refractivity contribution in [3.8, 4) is 17.2 Å². The first-order valence-corrected chi connectivity index (χ1v) is 53.9. The molecule has 9 aliphatic rings. The Kier molecular flexibility index (Phi) is 41.3. The van der Waals surface area contributed by atoms with Crippen molar-refractivity contribution in [2.24, 2.45) is 0 Å². The van der Waals surface area contributed by atoms with Crippen molar-refractivity contribution < 1.29 is 178 Å². The van der Waals surface area contributed by atoms with Crippen LogP contribution in [0.1, 0.15) is 218 Å². The van der Waals surface area contributed by atoms with Gasteiger partial charge in [0.1, 0.15) is 44.8 Å². The van der Waals surface area contributed by atoms with Crippen LogP contribution in [-0.4, -0.2) is 189 Å². The first kappa shape index (κ1) is 122. The Balaban J connectivity index is 0.000000233. The van der Waals surface area contributed by atoms with Crippen LogP contribution in [0.25, 0.3) is 0 Å². The summed E-state index contributed by atoms with van der Waals surface area (Å²) in [5.41, 5.74) is 6.17. The van der Waals surface area contributed by atoms with E-state index in [-0.39, 0.29) is 190 Å². The summed E-state index contributed by atoms with van der Waals surface area (Å²) in [6, 6.07) is 24.9. The molecule has 0 amide bonds. The van der Waals surface area contributed by atoms with Crippen molar-refractivity contribution in [1.82, 2.24) is 0 Å². The smallest absolute Gasteiger partial charge is 0.748 e. The number of ether oxygens (including phenoxy) is 11. The van der Waals surface area contributed by atoms with Crippen LogP contribution in [0.3, 0.4) is 0 Å². The molecular formula is C95H124ClF9I2N3NaO24S5. The Morgan fingerprint density at radius 1 is 0.457 bits per heavy atom. The molecule has 0 unspecified atom stereocenters. The number of benzene rings is 7. The molecule has 7 aromatic carbocycles. The average Bonchev–Trinajstić information content (AvgIpc) is 1.57. The molecular weight excluding hydrogens is 2210 g/mol. The molecule has 45 heteroatoms. The predicted octanol–water partition coefficient (Wildman–Crippen LogP) is 15.9. The Bertz CT molecular complexity index is 6060. The number of nitrogen functional groups attached to an aromatic ring is 1. The van der Waals surface area contributed by atoms with Crippen molar-refractivity contribution in [3.63, 3.8) is 0 Å². The van der Waals surface area contributed by atoms with Gasteiger partial charge in [-0.2, -0.15) is 0 Å². The van der Waals surface area contributed by atoms with Gasteiger partial charge in [-0.15, -0.1) is 0 Å². The van der Waals surface area contributed by atoms with E-state index in [0.717, 1.165) is 30.5 Å². The van der Waals surface area contributed by atoms with Crippen LogP contribution < -0.4 is 58.9 Å². The van der Waals surface area contributed by atoms with Gasteiger partial charge >= 0.3 is 29.6 Å². The van der Waals surface area contributed by atoms with Gasteiger partial charge in [-0.25, -0.2) is 81.6 Å². The fourth-order valence-electron chi connectivity index (χ4n) is 16.5. The third-order valence-corrected chi connectivity index (χ3v) is 37.5. The van der Waals surface area contributed by atoms with Crippen LogP contribution in [0.5, 0.6) is 17.2 Å². The van der Waals surface area contributed by atoms with E-state index in [1.807, 2.05) is 103 Å². The summed E-state index contributed by atoms with van der Waals surface area (Å²) in [6.45, 7) is 17.0. The van der Waals surface area contributed by atoms with E-state index in [1.165, 1.54) is 57.7 Å². The molecule has 140 heavy (non-hydrogen) atoms. The number of sulfonamides is 2. The number of aliphatic hydroxyl groups is 2. The number of nitrogens with one attached hydrogen (secondary N) is 2. The first-order chi connectivity index (χ1) is 63.1. The number of aryl methyl sites for hydroxylation is 1. The molecule has 5 aliphatic carbocycles. The molecule has 5 atom stereocenters. The number of rotatable bonds is 31. The Morgan fingerprint density at radius 2 is 0.779 bits per heavy atom. The van der Waals surface area contributed by atoms with E-state index in [9.17, 15) is 91.3 Å². The molecule has 0 spiro atoms. The molecule has 27 nitrogen and oxygen atoms in total. The summed E-state index contributed by atoms with van der Waals surface area (Å²) in [6.07, 6.45) is 2.99. The molecule has 4 heterocycles. The maximum absolute atomic E-state index is 14.9. The average molecular weight is 2340 g/mol. The number of hydrogen-bond donors (Lipinski definition) is 5. The predicted molar refractivity (Wildman–Crippen MR) is 525 cm³/mol. The quantitative estimate of drug-likeness (QED) is 0.00673. The van der Waals surface area contributed by atoms with Crippen LogP contribution in [0, 0.1) is 66.4 Å². The van der Waals surface area contributed by atoms with Gasteiger partial charge in [-0.1, -0.05) is 76.9 Å². The van der Waals surface area contributed by atoms with Gasteiger partial charge in [0.25, 0.3) is 0 Å². The Hall–Kier alpha value is -5.23. The second-order valence-corrected chi connectivity index (χ2v) is 51.0. The molecule has 16 rings (SSSR count). The zero-order valence-electron chi connectivity index (χ0n) is 77.7. The van der Waals surface area contributed by atoms with Gasteiger partial charge in [0, 0.05) is 72.0 Å². The van der Waals surface area contributed by atoms with Crippen molar-refractivity contribution in [2.75, 3.05) is 69.5 Å². The minimum atomic E-state index is -4.20. The van der Waals surface area contributed by atoms with Crippen LogP contribution in [0.15, 0.2) is 103 Å². The Morgan fingerprint density at radius 3 is 1.10 bits per heavy atom. The number of methoxy groups -OCH3 is 3. The van der Waals surface area contributed by atoms with Gasteiger partial charge in [0.2, 0.25) is 29.1 Å². The van der Waals surface area contributed by atoms with Gasteiger partial charge < -0.3 is 72.6 Å². The van der Waals surface area contributed by atoms with E-state index >= 15 is 0 Å². The second kappa shape index (κ2) is 47.5. The van der Waals surface area contributed by atoms with E-state index in [0.29, 0.717) is 90.0 Å². The standard InChI is InChI=1S/C23H25F3INO5S.C21H24F3NO5S.C16H22O4S.C14H11F3INO.C9H15ClO4S.C9H16O5S.3CH4.Na/c1-22(2)32-12-15(33-22)11-23(6-7-23)34(29,30)28-21-16(20(26)18(25)10-19(21)31-3)8-13-4-5-14(27)9-17(13)24;1-12-3-4-13(16(22)7-12)8-15-19(24)17(23)9-18(30-2)20(15)25-31(28,29)21(5-6-21)10-14(27)11-26;1-15(2)19-11-14(20-15)10-16(8-9-16)21(17,18)12-13-6-4-3-5-7-13;1-20-12-6-11(16)13(17)9(14(12)19)4-7-2-3-8(18)5-10(7)15;2*1-8(2)13-6-7(14-8)5-9(3-4-9)15(10,11)12;;;;/h4-5,9-10,15,28H,6-8,11-12H2,1-3H3;3-4,7,9,14,25-27H,5-6,8,10-11H2,1-2H3;3-7,14H,8-12H2,1-2H3;2-3,5-6H,4,19H2,1H3;7H,3-6H2,1-2H3;7H,3-6H2,1-2H3,(H,10,11,12);3*1H4;/q;;;;;;;;;+1/p-1/t15-;2*14-;;2*7-;;;;/m000.00..../s1. The van der Waals surface area contributed by atoms with Crippen LogP contribution in [0.2, 0.25) is 0 Å². The van der Waals surface area contributed by atoms with Crippen molar-refractivity contribution in [1.29, 1.82) is 0 Å². The third kappa shape index (κ3) is 30.3. The summed E-state index contributed by atoms with van der Waals surface area (Å²) in [4.78, 5) is 0. The third-order valence-electron chi connectivity index (χ3n) is 24.9. The molecule has 0 bridgehead atoms. The number of halogens is 12. The summed E-state index contributed by atoms with van der Waals surface area (Å²) in [5.74, 6) is -11.9. The summed E-state index contributed by atoms with van der Waals surface area (Å²) < 4.78 is 323. The molecule has 9 fully saturated rings. The maximum atomic E-state index is 14.9. The molecule has 4 saturated heterocycles. The fraction of sp³-hybridized carbons (Fsp3) is 0.558. The maximum Gasteiger partial charge on any atom is 1.00 e. The molecule has 4 aliphatic heterocycles. The number of nitrogens with two attached hydrogens (primary N) is 1. The molecule has 0 radical (unpaired) electrons. The van der Waals surface area contributed by atoms with Crippen molar-refractivity contribution >= 4 is 122 Å². The zero-order valence-corrected chi connectivity index (χ0v) is 88.9. The van der Waals surface area contributed by atoms with Gasteiger partial charge in [0.05, 0.1) is 131 Å². The van der Waals surface area contributed by atoms with Gasteiger partial charge in [-0.05, 0) is 262 Å². The largest absolute Gasteiger partial charge is 1.00 e. The minimum absolute atomic E-state index is 0. The van der Waals surface area contributed by atoms with E-state index < -0.39 is 179 Å². The van der Waals surface area contributed by atoms with E-state index in [4.69, 9.17) is 73.6 Å². The molecule has 0 aromatic heterocycles. The SMILES string of the molecule is C.C.C.CC1(C)OC[C@H](CC2(S(=O)(=O)Cc3ccccc3)CC2)O1.CC1(C)OC[C@H](CC2(S(=O)(=O)Cl)CC2)O1.CC1(C)OC[C@H](CC2(S(=O)(=O)[O-])CC2)O1.COc1cc(F)c(F)c(Cc2ccc(C)cc2F)c1NS(=O)(=O)C1(C[C@H](O)CO)CC1.COc1cc(F)c(F)c(Cc2ccc(I)cc2F)c1N.COc1cc(F)c(F)c(Cc2ccc(I)cc2F)c1NS(=O)(=O)C1(C[C@H]2COC(C)(C)O2)CC1.[Na+]. The fourth-order valence-corrected chi connectivity index (χ4v) is 25.7. The number of anilines is 3. The van der Waals surface area contributed by atoms with Gasteiger partial charge in [0.15, 0.2) is 67.9 Å². The van der Waals surface area contributed by atoms with Crippen molar-refractivity contribution in [3.05, 3.63) is 207 Å². The summed E-state index contributed by atoms with van der Waals surface area (Å²) in [7, 11) is -9.99. The van der Waals surface area contributed by atoms with E-state index in [1.54, 1.807) is 52.8 Å². The van der Waals surface area contributed by atoms with Gasteiger partial charge in [-0.3, -0.25) is 9.44 Å². The Labute approximate surface area is 869 Å². The van der Waals surface area contributed by atoms with Crippen LogP contribution in [-0.2, 0) is 112 Å². The number of hydrogen-bond acceptors (Lipinski definition) is 25. The van der Waals surface area contributed by atoms with Crippen molar-refractivity contribution in [2.45, 2.75) is 283 Å². The first-order valence-electron chi connectivity index (χ1n) is 43.4. The summed E-state index contributed by atoms with van der Waals surface area (Å²) in [5, 5.41) is 18.8. The minimum Gasteiger partial charge on any atom is -0.748 e. The number of sulfone groups is 1. The van der Waals surface area contributed by atoms with Crippen LogP contribution >= 0.6 is 55.9 Å². The molecule has 6 N–H and O–H groups in total. The monoisotopic (exact) mass is 2330 g/mol. The molecule has 5 saturated carbocycles. The van der Waals surface area contributed by atoms with Crippen LogP contribution in [0.4, 0.5) is 56.6 Å². The topological polar surface area (TPSA) is 386 Å².